The number of hydrazine groups is 1. The zero-order valence-electron chi connectivity index (χ0n) is 15.2. The molecule has 2 aromatic carbocycles. The van der Waals surface area contributed by atoms with E-state index < -0.39 is 30.8 Å². The van der Waals surface area contributed by atoms with Crippen molar-refractivity contribution in [3.8, 4) is 17.2 Å². The fraction of sp³-hybridized carbons (Fsp3) is 0.158. The van der Waals surface area contributed by atoms with Gasteiger partial charge in [0.1, 0.15) is 11.6 Å². The minimum Gasteiger partial charge on any atom is -0.493 e. The molecule has 0 heterocycles. The molecule has 29 heavy (non-hydrogen) atoms. The normalized spacial score (nSPS) is 10.7. The van der Waals surface area contributed by atoms with Crippen molar-refractivity contribution in [2.75, 3.05) is 13.7 Å². The summed E-state index contributed by atoms with van der Waals surface area (Å²) in [5.41, 5.74) is 4.38. The molecule has 0 bridgehead atoms. The van der Waals surface area contributed by atoms with Crippen LogP contribution in [-0.2, 0) is 9.59 Å². The van der Waals surface area contributed by atoms with E-state index in [4.69, 9.17) is 9.47 Å². The first-order valence-corrected chi connectivity index (χ1v) is 8.16. The zero-order valence-corrected chi connectivity index (χ0v) is 15.2. The van der Waals surface area contributed by atoms with Gasteiger partial charge >= 0.3 is 6.61 Å². The number of methoxy groups -OCH3 is 1. The van der Waals surface area contributed by atoms with Crippen molar-refractivity contribution in [2.24, 2.45) is 0 Å². The molecule has 0 aromatic heterocycles. The quantitative estimate of drug-likeness (QED) is 0.516. The molecule has 2 N–H and O–H groups in total. The van der Waals surface area contributed by atoms with Crippen LogP contribution in [0.4, 0.5) is 13.2 Å². The van der Waals surface area contributed by atoms with Gasteiger partial charge in [-0.1, -0.05) is 12.1 Å². The molecule has 10 heteroatoms. The fourth-order valence-corrected chi connectivity index (χ4v) is 2.09. The van der Waals surface area contributed by atoms with Gasteiger partial charge < -0.3 is 14.2 Å². The number of hydrogen-bond acceptors (Lipinski definition) is 5. The molecule has 0 fully saturated rings. The maximum Gasteiger partial charge on any atom is 0.387 e. The minimum absolute atomic E-state index is 0.0686. The highest BCUT2D eigenvalue weighted by molar-refractivity contribution is 5.93. The van der Waals surface area contributed by atoms with Crippen LogP contribution in [0.3, 0.4) is 0 Å². The highest BCUT2D eigenvalue weighted by atomic mass is 19.3. The lowest BCUT2D eigenvalue weighted by Gasteiger charge is -2.12. The largest absolute Gasteiger partial charge is 0.493 e. The van der Waals surface area contributed by atoms with E-state index in [0.29, 0.717) is 0 Å². The maximum absolute atomic E-state index is 12.8. The van der Waals surface area contributed by atoms with Gasteiger partial charge in [-0.05, 0) is 36.4 Å². The molecule has 0 aliphatic carbocycles. The Bertz CT molecular complexity index is 873. The molecule has 0 radical (unpaired) electrons. The average Bonchev–Trinajstić information content (AvgIpc) is 2.70. The van der Waals surface area contributed by atoms with Crippen LogP contribution >= 0.6 is 0 Å². The van der Waals surface area contributed by atoms with E-state index in [2.05, 4.69) is 15.6 Å². The third-order valence-electron chi connectivity index (χ3n) is 3.36. The van der Waals surface area contributed by atoms with E-state index in [1.54, 1.807) is 0 Å². The van der Waals surface area contributed by atoms with E-state index in [0.717, 1.165) is 6.08 Å². The summed E-state index contributed by atoms with van der Waals surface area (Å²) < 4.78 is 52.4. The van der Waals surface area contributed by atoms with Crippen molar-refractivity contribution < 1.29 is 37.0 Å². The maximum atomic E-state index is 12.8. The Morgan fingerprint density at radius 2 is 1.83 bits per heavy atom. The van der Waals surface area contributed by atoms with E-state index >= 15 is 0 Å². The van der Waals surface area contributed by atoms with Crippen LogP contribution in [-0.4, -0.2) is 32.1 Å². The molecular weight excluding hydrogens is 393 g/mol. The third kappa shape index (κ3) is 7.09. The van der Waals surface area contributed by atoms with Crippen molar-refractivity contribution in [1.82, 2.24) is 10.9 Å². The van der Waals surface area contributed by atoms with E-state index in [1.165, 1.54) is 55.7 Å². The van der Waals surface area contributed by atoms with Crippen molar-refractivity contribution in [2.45, 2.75) is 6.61 Å². The first-order chi connectivity index (χ1) is 13.9. The second-order valence-corrected chi connectivity index (χ2v) is 5.37. The van der Waals surface area contributed by atoms with Gasteiger partial charge in [0.25, 0.3) is 11.8 Å². The van der Waals surface area contributed by atoms with Crippen molar-refractivity contribution in [3.63, 3.8) is 0 Å². The van der Waals surface area contributed by atoms with Crippen LogP contribution in [0.15, 0.2) is 48.5 Å². The summed E-state index contributed by atoms with van der Waals surface area (Å²) in [7, 11) is 1.29. The summed E-state index contributed by atoms with van der Waals surface area (Å²) >= 11 is 0. The van der Waals surface area contributed by atoms with Crippen LogP contribution in [0.1, 0.15) is 5.56 Å². The summed E-state index contributed by atoms with van der Waals surface area (Å²) in [5.74, 6) is -1.73. The van der Waals surface area contributed by atoms with Gasteiger partial charge in [-0.15, -0.1) is 0 Å². The predicted octanol–water partition coefficient (Wildman–Crippen LogP) is 2.68. The van der Waals surface area contributed by atoms with E-state index in [-0.39, 0.29) is 22.8 Å². The molecule has 0 atom stereocenters. The van der Waals surface area contributed by atoms with Gasteiger partial charge in [0.15, 0.2) is 18.1 Å². The minimum atomic E-state index is -3.08. The van der Waals surface area contributed by atoms with Gasteiger partial charge in [-0.3, -0.25) is 20.4 Å². The number of para-hydroxylation sites is 1. The van der Waals surface area contributed by atoms with Gasteiger partial charge in [-0.25, -0.2) is 4.39 Å². The van der Waals surface area contributed by atoms with Crippen LogP contribution < -0.4 is 25.1 Å². The summed E-state index contributed by atoms with van der Waals surface area (Å²) in [5, 5.41) is 0. The summed E-state index contributed by atoms with van der Waals surface area (Å²) in [6.45, 7) is -3.49. The molecule has 2 rings (SSSR count). The molecule has 0 aliphatic rings. The number of halogens is 3. The van der Waals surface area contributed by atoms with Crippen LogP contribution in [0.25, 0.3) is 6.08 Å². The van der Waals surface area contributed by atoms with E-state index in [9.17, 15) is 22.8 Å². The Hall–Kier alpha value is -3.69. The van der Waals surface area contributed by atoms with Gasteiger partial charge in [0, 0.05) is 11.6 Å². The number of amides is 2. The van der Waals surface area contributed by atoms with Crippen molar-refractivity contribution in [3.05, 3.63) is 59.9 Å². The predicted molar refractivity (Wildman–Crippen MR) is 96.8 cm³/mol. The Morgan fingerprint density at radius 1 is 1.10 bits per heavy atom. The average molecular weight is 410 g/mol. The number of ether oxygens (including phenoxy) is 3. The fourth-order valence-electron chi connectivity index (χ4n) is 2.09. The first-order valence-electron chi connectivity index (χ1n) is 8.16. The standard InChI is InChI=1S/C19H17F3N2O5/c1-27-15-4-2-3-12(18(15)29-19(21)22)5-10-16(25)23-24-17(26)11-28-14-8-6-13(20)7-9-14/h2-10,19H,11H2,1H3,(H,23,25)(H,24,26)/b10-5+. The number of benzene rings is 2. The SMILES string of the molecule is COc1cccc(/C=C/C(=O)NNC(=O)COc2ccc(F)cc2)c1OC(F)F. The van der Waals surface area contributed by atoms with Gasteiger partial charge in [-0.2, -0.15) is 8.78 Å². The Labute approximate surface area is 164 Å². The highest BCUT2D eigenvalue weighted by Crippen LogP contribution is 2.33. The molecule has 7 nitrogen and oxygen atoms in total. The Morgan fingerprint density at radius 3 is 2.48 bits per heavy atom. The number of alkyl halides is 2. The van der Waals surface area contributed by atoms with Crippen molar-refractivity contribution >= 4 is 17.9 Å². The number of hydrogen-bond donors (Lipinski definition) is 2. The number of carbonyl (C=O) groups is 2. The van der Waals surface area contributed by atoms with Crippen LogP contribution in [0, 0.1) is 5.82 Å². The number of rotatable bonds is 8. The molecule has 2 amide bonds. The lowest BCUT2D eigenvalue weighted by molar-refractivity contribution is -0.128. The smallest absolute Gasteiger partial charge is 0.387 e. The lowest BCUT2D eigenvalue weighted by atomic mass is 10.1. The number of carbonyl (C=O) groups excluding carboxylic acids is 2. The zero-order chi connectivity index (χ0) is 21.2. The van der Waals surface area contributed by atoms with Gasteiger partial charge in [0.2, 0.25) is 0 Å². The molecular formula is C19H17F3N2O5. The molecule has 0 aliphatic heterocycles. The molecule has 2 aromatic rings. The summed E-state index contributed by atoms with van der Waals surface area (Å²) in [4.78, 5) is 23.5. The topological polar surface area (TPSA) is 85.9 Å². The molecule has 154 valence electrons. The second-order valence-electron chi connectivity index (χ2n) is 5.37. The Kier molecular flexibility index (Phi) is 7.89. The summed E-state index contributed by atoms with van der Waals surface area (Å²) in [6.07, 6.45) is 2.23. The lowest BCUT2D eigenvalue weighted by Crippen LogP contribution is -2.43. The van der Waals surface area contributed by atoms with Crippen LogP contribution in [0.5, 0.6) is 17.2 Å². The first kappa shape index (κ1) is 21.6. The number of nitrogens with one attached hydrogen (secondary N) is 2. The summed E-state index contributed by atoms with van der Waals surface area (Å²) in [6, 6.07) is 9.43. The molecule has 0 spiro atoms. The second kappa shape index (κ2) is 10.6. The molecule has 0 unspecified atom stereocenters. The monoisotopic (exact) mass is 410 g/mol. The highest BCUT2D eigenvalue weighted by Gasteiger charge is 2.14. The third-order valence-corrected chi connectivity index (χ3v) is 3.36. The van der Waals surface area contributed by atoms with Crippen LogP contribution in [0.2, 0.25) is 0 Å². The molecule has 0 saturated heterocycles. The van der Waals surface area contributed by atoms with E-state index in [1.807, 2.05) is 0 Å². The Balaban J connectivity index is 1.87. The molecule has 0 saturated carbocycles. The van der Waals surface area contributed by atoms with Gasteiger partial charge in [0.05, 0.1) is 7.11 Å². The van der Waals surface area contributed by atoms with Crippen molar-refractivity contribution in [1.29, 1.82) is 0 Å².